The summed E-state index contributed by atoms with van der Waals surface area (Å²) in [6.45, 7) is 5.39. The van der Waals surface area contributed by atoms with Gasteiger partial charge in [-0.1, -0.05) is 26.0 Å². The molecular formula is C14H18O3. The Morgan fingerprint density at radius 1 is 1.29 bits per heavy atom. The van der Waals surface area contributed by atoms with Crippen LogP contribution in [0.2, 0.25) is 0 Å². The van der Waals surface area contributed by atoms with E-state index in [1.807, 2.05) is 25.1 Å². The van der Waals surface area contributed by atoms with Crippen LogP contribution in [-0.2, 0) is 16.0 Å². The van der Waals surface area contributed by atoms with Gasteiger partial charge in [-0.05, 0) is 24.1 Å². The largest absolute Gasteiger partial charge is 0.496 e. The Labute approximate surface area is 102 Å². The minimum Gasteiger partial charge on any atom is -0.496 e. The van der Waals surface area contributed by atoms with Gasteiger partial charge in [-0.25, -0.2) is 0 Å². The van der Waals surface area contributed by atoms with E-state index in [2.05, 4.69) is 0 Å². The molecule has 92 valence electrons. The zero-order chi connectivity index (χ0) is 13.0. The first-order valence-electron chi connectivity index (χ1n) is 5.66. The molecule has 0 N–H and O–H groups in total. The van der Waals surface area contributed by atoms with E-state index in [-0.39, 0.29) is 23.9 Å². The number of carbonyl (C=O) groups excluding carboxylic acids is 2. The predicted molar refractivity (Wildman–Crippen MR) is 66.3 cm³/mol. The van der Waals surface area contributed by atoms with Crippen molar-refractivity contribution in [2.75, 3.05) is 7.11 Å². The summed E-state index contributed by atoms with van der Waals surface area (Å²) < 4.78 is 5.14. The first-order valence-corrected chi connectivity index (χ1v) is 5.66. The van der Waals surface area contributed by atoms with E-state index in [1.54, 1.807) is 21.0 Å². The summed E-state index contributed by atoms with van der Waals surface area (Å²) in [5, 5.41) is 0. The lowest BCUT2D eigenvalue weighted by atomic mass is 9.99. The number of rotatable bonds is 5. The van der Waals surface area contributed by atoms with Crippen LogP contribution in [0.1, 0.15) is 25.0 Å². The second-order valence-corrected chi connectivity index (χ2v) is 4.42. The van der Waals surface area contributed by atoms with Gasteiger partial charge in [0.2, 0.25) is 11.6 Å². The molecule has 0 aliphatic rings. The zero-order valence-electron chi connectivity index (χ0n) is 10.7. The number of benzene rings is 1. The third-order valence-electron chi connectivity index (χ3n) is 2.62. The van der Waals surface area contributed by atoms with Gasteiger partial charge in [0.1, 0.15) is 5.75 Å². The van der Waals surface area contributed by atoms with Gasteiger partial charge in [-0.15, -0.1) is 0 Å². The molecule has 3 heteroatoms. The Morgan fingerprint density at radius 2 is 1.94 bits per heavy atom. The maximum Gasteiger partial charge on any atom is 0.203 e. The summed E-state index contributed by atoms with van der Waals surface area (Å²) >= 11 is 0. The van der Waals surface area contributed by atoms with Crippen LogP contribution in [0.25, 0.3) is 0 Å². The Morgan fingerprint density at radius 3 is 2.41 bits per heavy atom. The molecule has 0 saturated heterocycles. The van der Waals surface area contributed by atoms with Gasteiger partial charge < -0.3 is 4.74 Å². The molecule has 1 aromatic rings. The van der Waals surface area contributed by atoms with Crippen LogP contribution in [0.4, 0.5) is 0 Å². The zero-order valence-corrected chi connectivity index (χ0v) is 10.7. The summed E-state index contributed by atoms with van der Waals surface area (Å²) in [7, 11) is 1.61. The van der Waals surface area contributed by atoms with Crippen LogP contribution in [-0.4, -0.2) is 18.7 Å². The van der Waals surface area contributed by atoms with Crippen LogP contribution in [0.5, 0.6) is 5.75 Å². The van der Waals surface area contributed by atoms with Crippen molar-refractivity contribution in [3.05, 3.63) is 29.3 Å². The van der Waals surface area contributed by atoms with Crippen molar-refractivity contribution >= 4 is 11.6 Å². The van der Waals surface area contributed by atoms with Crippen molar-refractivity contribution in [3.63, 3.8) is 0 Å². The molecule has 0 radical (unpaired) electrons. The van der Waals surface area contributed by atoms with Crippen LogP contribution < -0.4 is 4.74 Å². The van der Waals surface area contributed by atoms with E-state index in [1.165, 1.54) is 0 Å². The van der Waals surface area contributed by atoms with Gasteiger partial charge in [-0.2, -0.15) is 0 Å². The normalized spacial score (nSPS) is 10.4. The Hall–Kier alpha value is -1.64. The Kier molecular flexibility index (Phi) is 4.44. The lowest BCUT2D eigenvalue weighted by Crippen LogP contribution is -2.21. The van der Waals surface area contributed by atoms with Gasteiger partial charge in [0.15, 0.2) is 0 Å². The molecule has 0 saturated carbocycles. The molecule has 0 aliphatic heterocycles. The summed E-state index contributed by atoms with van der Waals surface area (Å²) in [5.74, 6) is -0.0822. The van der Waals surface area contributed by atoms with Crippen LogP contribution in [0, 0.1) is 12.8 Å². The fourth-order valence-corrected chi connectivity index (χ4v) is 1.64. The third kappa shape index (κ3) is 3.41. The van der Waals surface area contributed by atoms with Crippen molar-refractivity contribution < 1.29 is 14.3 Å². The monoisotopic (exact) mass is 234 g/mol. The standard InChI is InChI=1S/C14H18O3/c1-9(2)14(16)12(15)8-11-5-6-13(17-4)10(3)7-11/h5-7,9H,8H2,1-4H3. The first-order chi connectivity index (χ1) is 7.95. The molecule has 0 aliphatic carbocycles. The lowest BCUT2D eigenvalue weighted by molar-refractivity contribution is -0.138. The van der Waals surface area contributed by atoms with Crippen LogP contribution in [0.3, 0.4) is 0 Å². The van der Waals surface area contributed by atoms with E-state index in [0.717, 1.165) is 16.9 Å². The van der Waals surface area contributed by atoms with Gasteiger partial charge in [0.05, 0.1) is 7.11 Å². The lowest BCUT2D eigenvalue weighted by Gasteiger charge is -2.07. The van der Waals surface area contributed by atoms with Gasteiger partial charge in [0.25, 0.3) is 0 Å². The van der Waals surface area contributed by atoms with Gasteiger partial charge in [0, 0.05) is 12.3 Å². The summed E-state index contributed by atoms with van der Waals surface area (Å²) in [5.41, 5.74) is 1.82. The highest BCUT2D eigenvalue weighted by Crippen LogP contribution is 2.19. The van der Waals surface area contributed by atoms with Crippen molar-refractivity contribution in [2.24, 2.45) is 5.92 Å². The van der Waals surface area contributed by atoms with Gasteiger partial charge >= 0.3 is 0 Å². The quantitative estimate of drug-likeness (QED) is 0.734. The average molecular weight is 234 g/mol. The van der Waals surface area contributed by atoms with E-state index in [4.69, 9.17) is 4.74 Å². The average Bonchev–Trinajstić information content (AvgIpc) is 2.28. The Balaban J connectivity index is 2.79. The number of Topliss-reactive ketones (excluding diaryl/α,β-unsaturated/α-hetero) is 2. The van der Waals surface area contributed by atoms with Crippen LogP contribution >= 0.6 is 0 Å². The molecular weight excluding hydrogens is 216 g/mol. The summed E-state index contributed by atoms with van der Waals surface area (Å²) in [6, 6.07) is 5.51. The molecule has 0 unspecified atom stereocenters. The Bertz CT molecular complexity index is 433. The number of carbonyl (C=O) groups is 2. The smallest absolute Gasteiger partial charge is 0.203 e. The number of hydrogen-bond acceptors (Lipinski definition) is 3. The first kappa shape index (κ1) is 13.4. The molecule has 1 aromatic carbocycles. The molecule has 0 amide bonds. The van der Waals surface area contributed by atoms with E-state index in [0.29, 0.717) is 0 Å². The third-order valence-corrected chi connectivity index (χ3v) is 2.62. The van der Waals surface area contributed by atoms with Crippen LogP contribution in [0.15, 0.2) is 18.2 Å². The highest BCUT2D eigenvalue weighted by Gasteiger charge is 2.17. The maximum atomic E-state index is 11.6. The van der Waals surface area contributed by atoms with Gasteiger partial charge in [-0.3, -0.25) is 9.59 Å². The van der Waals surface area contributed by atoms with E-state index >= 15 is 0 Å². The number of methoxy groups -OCH3 is 1. The number of ether oxygens (including phenoxy) is 1. The molecule has 0 spiro atoms. The molecule has 3 nitrogen and oxygen atoms in total. The number of aryl methyl sites for hydroxylation is 1. The SMILES string of the molecule is COc1ccc(CC(=O)C(=O)C(C)C)cc1C. The fraction of sp³-hybridized carbons (Fsp3) is 0.429. The van der Waals surface area contributed by atoms with Crippen molar-refractivity contribution in [2.45, 2.75) is 27.2 Å². The van der Waals surface area contributed by atoms with Crippen molar-refractivity contribution in [1.29, 1.82) is 0 Å². The second-order valence-electron chi connectivity index (χ2n) is 4.42. The van der Waals surface area contributed by atoms with E-state index in [9.17, 15) is 9.59 Å². The molecule has 0 fully saturated rings. The molecule has 0 atom stereocenters. The van der Waals surface area contributed by atoms with E-state index < -0.39 is 0 Å². The summed E-state index contributed by atoms with van der Waals surface area (Å²) in [6.07, 6.45) is 0.168. The molecule has 0 aromatic heterocycles. The molecule has 0 heterocycles. The number of ketones is 2. The molecule has 0 bridgehead atoms. The maximum absolute atomic E-state index is 11.6. The highest BCUT2D eigenvalue weighted by atomic mass is 16.5. The topological polar surface area (TPSA) is 43.4 Å². The predicted octanol–water partition coefficient (Wildman–Crippen LogP) is 2.34. The number of hydrogen-bond donors (Lipinski definition) is 0. The summed E-state index contributed by atoms with van der Waals surface area (Å²) in [4.78, 5) is 23.1. The molecule has 17 heavy (non-hydrogen) atoms. The highest BCUT2D eigenvalue weighted by molar-refractivity contribution is 6.38. The molecule has 1 rings (SSSR count). The fourth-order valence-electron chi connectivity index (χ4n) is 1.64. The van der Waals surface area contributed by atoms with Crippen molar-refractivity contribution in [1.82, 2.24) is 0 Å². The minimum absolute atomic E-state index is 0.168. The van der Waals surface area contributed by atoms with Crippen molar-refractivity contribution in [3.8, 4) is 5.75 Å². The second kappa shape index (κ2) is 5.62. The minimum atomic E-state index is -0.329.